The minimum atomic E-state index is 0.204. The second-order valence-corrected chi connectivity index (χ2v) is 6.67. The molecule has 4 saturated carbocycles. The smallest absolute Gasteiger partial charge is 0.312 e. The second-order valence-electron chi connectivity index (χ2n) is 6.67. The minimum absolute atomic E-state index is 0.204. The van der Waals surface area contributed by atoms with Crippen LogP contribution in [0.4, 0.5) is 6.01 Å². The molecule has 0 aromatic carbocycles. The SMILES string of the molecule is Nc1nnc(CCC2C3CC4CC(C3)CC2C4)o1. The van der Waals surface area contributed by atoms with Gasteiger partial charge in [-0.1, -0.05) is 5.10 Å². The van der Waals surface area contributed by atoms with Crippen molar-refractivity contribution in [1.82, 2.24) is 10.2 Å². The van der Waals surface area contributed by atoms with Gasteiger partial charge in [0.1, 0.15) is 0 Å². The third-order valence-corrected chi connectivity index (χ3v) is 5.60. The van der Waals surface area contributed by atoms with Crippen LogP contribution in [0.15, 0.2) is 4.42 Å². The maximum atomic E-state index is 5.46. The van der Waals surface area contributed by atoms with Crippen molar-refractivity contribution in [2.45, 2.75) is 44.9 Å². The highest BCUT2D eigenvalue weighted by Crippen LogP contribution is 2.57. The Morgan fingerprint density at radius 1 is 1.00 bits per heavy atom. The van der Waals surface area contributed by atoms with Gasteiger partial charge in [-0.15, -0.1) is 5.10 Å². The fourth-order valence-electron chi connectivity index (χ4n) is 5.17. The lowest BCUT2D eigenvalue weighted by atomic mass is 9.51. The van der Waals surface area contributed by atoms with E-state index >= 15 is 0 Å². The van der Waals surface area contributed by atoms with E-state index in [0.717, 1.165) is 41.9 Å². The van der Waals surface area contributed by atoms with Crippen molar-refractivity contribution in [3.63, 3.8) is 0 Å². The average Bonchev–Trinajstić information content (AvgIpc) is 2.73. The van der Waals surface area contributed by atoms with Crippen LogP contribution in [0.3, 0.4) is 0 Å². The maximum Gasteiger partial charge on any atom is 0.312 e. The van der Waals surface area contributed by atoms with E-state index in [1.165, 1.54) is 38.5 Å². The molecule has 4 bridgehead atoms. The standard InChI is InChI=1S/C14H21N3O/c15-14-17-16-13(18-14)2-1-12-10-4-8-3-9(6-10)7-11(12)5-8/h8-12H,1-7H2,(H2,15,17). The van der Waals surface area contributed by atoms with Gasteiger partial charge in [0.05, 0.1) is 0 Å². The fraction of sp³-hybridized carbons (Fsp3) is 0.857. The zero-order chi connectivity index (χ0) is 12.1. The summed E-state index contributed by atoms with van der Waals surface area (Å²) < 4.78 is 5.28. The van der Waals surface area contributed by atoms with Gasteiger partial charge in [0.15, 0.2) is 0 Å². The van der Waals surface area contributed by atoms with Crippen molar-refractivity contribution in [3.05, 3.63) is 5.89 Å². The number of nitrogens with two attached hydrogens (primary N) is 1. The van der Waals surface area contributed by atoms with Gasteiger partial charge in [-0.2, -0.15) is 0 Å². The molecule has 0 aliphatic heterocycles. The third-order valence-electron chi connectivity index (χ3n) is 5.60. The zero-order valence-corrected chi connectivity index (χ0v) is 10.7. The van der Waals surface area contributed by atoms with Crippen LogP contribution < -0.4 is 5.73 Å². The number of rotatable bonds is 3. The molecule has 0 radical (unpaired) electrons. The highest BCUT2D eigenvalue weighted by Gasteiger charge is 2.47. The predicted molar refractivity (Wildman–Crippen MR) is 67.6 cm³/mol. The molecule has 4 aliphatic carbocycles. The van der Waals surface area contributed by atoms with Gasteiger partial charge in [0.2, 0.25) is 5.89 Å². The van der Waals surface area contributed by atoms with E-state index in [2.05, 4.69) is 10.2 Å². The van der Waals surface area contributed by atoms with Crippen LogP contribution in [0, 0.1) is 29.6 Å². The summed E-state index contributed by atoms with van der Waals surface area (Å²) in [5.41, 5.74) is 5.46. The molecule has 0 amide bonds. The van der Waals surface area contributed by atoms with Crippen LogP contribution in [0.5, 0.6) is 0 Å². The normalized spacial score (nSPS) is 41.4. The first-order valence-corrected chi connectivity index (χ1v) is 7.36. The van der Waals surface area contributed by atoms with Crippen molar-refractivity contribution in [2.24, 2.45) is 29.6 Å². The molecule has 0 unspecified atom stereocenters. The number of nitrogens with zero attached hydrogens (tertiary/aromatic N) is 2. The Morgan fingerprint density at radius 3 is 2.22 bits per heavy atom. The van der Waals surface area contributed by atoms with Gasteiger partial charge in [0.25, 0.3) is 0 Å². The first-order valence-electron chi connectivity index (χ1n) is 7.36. The molecule has 5 rings (SSSR count). The van der Waals surface area contributed by atoms with Gasteiger partial charge >= 0.3 is 6.01 Å². The summed E-state index contributed by atoms with van der Waals surface area (Å²) in [5, 5.41) is 7.71. The van der Waals surface area contributed by atoms with Gasteiger partial charge in [-0.3, -0.25) is 0 Å². The minimum Gasteiger partial charge on any atom is -0.408 e. The van der Waals surface area contributed by atoms with Crippen LogP contribution >= 0.6 is 0 Å². The summed E-state index contributed by atoms with van der Waals surface area (Å²) in [6, 6.07) is 0.204. The molecule has 4 fully saturated rings. The Morgan fingerprint density at radius 2 is 1.67 bits per heavy atom. The number of hydrogen-bond acceptors (Lipinski definition) is 4. The quantitative estimate of drug-likeness (QED) is 0.891. The molecule has 18 heavy (non-hydrogen) atoms. The molecule has 0 atom stereocenters. The van der Waals surface area contributed by atoms with Crippen LogP contribution in [-0.4, -0.2) is 10.2 Å². The van der Waals surface area contributed by atoms with Gasteiger partial charge in [-0.05, 0) is 68.1 Å². The summed E-state index contributed by atoms with van der Waals surface area (Å²) in [6.45, 7) is 0. The van der Waals surface area contributed by atoms with E-state index < -0.39 is 0 Å². The Bertz CT molecular complexity index is 414. The molecular weight excluding hydrogens is 226 g/mol. The van der Waals surface area contributed by atoms with E-state index in [9.17, 15) is 0 Å². The summed E-state index contributed by atoms with van der Waals surface area (Å²) >= 11 is 0. The molecule has 1 heterocycles. The molecule has 0 spiro atoms. The summed E-state index contributed by atoms with van der Waals surface area (Å²) in [7, 11) is 0. The predicted octanol–water partition coefficient (Wildman–Crippen LogP) is 2.66. The number of anilines is 1. The molecule has 1 aromatic heterocycles. The Labute approximate surface area is 107 Å². The lowest BCUT2D eigenvalue weighted by Crippen LogP contribution is -2.45. The van der Waals surface area contributed by atoms with E-state index in [0.29, 0.717) is 0 Å². The summed E-state index contributed by atoms with van der Waals surface area (Å²) in [5.74, 6) is 5.72. The largest absolute Gasteiger partial charge is 0.408 e. The molecule has 4 aliphatic rings. The first-order chi connectivity index (χ1) is 8.78. The number of hydrogen-bond donors (Lipinski definition) is 1. The third kappa shape index (κ3) is 1.73. The molecule has 4 heteroatoms. The van der Waals surface area contributed by atoms with Crippen molar-refractivity contribution in [3.8, 4) is 0 Å². The molecule has 4 nitrogen and oxygen atoms in total. The van der Waals surface area contributed by atoms with E-state index in [1.807, 2.05) is 0 Å². The maximum absolute atomic E-state index is 5.46. The fourth-order valence-corrected chi connectivity index (χ4v) is 5.17. The van der Waals surface area contributed by atoms with Gasteiger partial charge < -0.3 is 10.2 Å². The molecule has 2 N–H and O–H groups in total. The number of aryl methyl sites for hydroxylation is 1. The van der Waals surface area contributed by atoms with E-state index in [4.69, 9.17) is 10.2 Å². The first kappa shape index (κ1) is 10.8. The molecular formula is C14H21N3O. The monoisotopic (exact) mass is 247 g/mol. The average molecular weight is 247 g/mol. The van der Waals surface area contributed by atoms with Crippen molar-refractivity contribution >= 4 is 6.01 Å². The Balaban J connectivity index is 1.43. The summed E-state index contributed by atoms with van der Waals surface area (Å²) in [4.78, 5) is 0. The van der Waals surface area contributed by atoms with Crippen molar-refractivity contribution in [1.29, 1.82) is 0 Å². The van der Waals surface area contributed by atoms with Gasteiger partial charge in [0, 0.05) is 6.42 Å². The van der Waals surface area contributed by atoms with Crippen molar-refractivity contribution < 1.29 is 4.42 Å². The van der Waals surface area contributed by atoms with E-state index in [-0.39, 0.29) is 6.01 Å². The van der Waals surface area contributed by atoms with Crippen LogP contribution in [-0.2, 0) is 6.42 Å². The highest BCUT2D eigenvalue weighted by molar-refractivity contribution is 5.05. The van der Waals surface area contributed by atoms with Crippen LogP contribution in [0.1, 0.15) is 44.4 Å². The Kier molecular flexibility index (Phi) is 2.39. The topological polar surface area (TPSA) is 64.9 Å². The van der Waals surface area contributed by atoms with Crippen molar-refractivity contribution in [2.75, 3.05) is 5.73 Å². The Hall–Kier alpha value is -1.06. The highest BCUT2D eigenvalue weighted by atomic mass is 16.4. The molecule has 1 aromatic rings. The summed E-state index contributed by atoms with van der Waals surface area (Å²) in [6.07, 6.45) is 9.62. The lowest BCUT2D eigenvalue weighted by Gasteiger charge is -2.54. The van der Waals surface area contributed by atoms with Crippen LogP contribution in [0.2, 0.25) is 0 Å². The number of aromatic nitrogens is 2. The zero-order valence-electron chi connectivity index (χ0n) is 10.7. The molecule has 98 valence electrons. The number of nitrogen functional groups attached to an aromatic ring is 1. The van der Waals surface area contributed by atoms with Gasteiger partial charge in [-0.25, -0.2) is 0 Å². The van der Waals surface area contributed by atoms with E-state index in [1.54, 1.807) is 0 Å². The second kappa shape index (κ2) is 3.97. The molecule has 0 saturated heterocycles. The van der Waals surface area contributed by atoms with Crippen LogP contribution in [0.25, 0.3) is 0 Å². The lowest BCUT2D eigenvalue weighted by molar-refractivity contribution is -0.0399.